The fourth-order valence-electron chi connectivity index (χ4n) is 4.18. The van der Waals surface area contributed by atoms with Gasteiger partial charge in [0, 0.05) is 25.8 Å². The third kappa shape index (κ3) is 4.49. The highest BCUT2D eigenvalue weighted by atomic mass is 16.5. The van der Waals surface area contributed by atoms with Gasteiger partial charge in [0.2, 0.25) is 5.91 Å². The van der Waals surface area contributed by atoms with Crippen molar-refractivity contribution in [1.82, 2.24) is 26.4 Å². The molecule has 0 bridgehead atoms. The predicted molar refractivity (Wildman–Crippen MR) is 93.1 cm³/mol. The summed E-state index contributed by atoms with van der Waals surface area (Å²) in [6.07, 6.45) is 4.57. The smallest absolute Gasteiger partial charge is 0.310 e. The molecule has 25 heavy (non-hydrogen) atoms. The fraction of sp³-hybridized carbons (Fsp3) is 0.882. The van der Waals surface area contributed by atoms with Crippen molar-refractivity contribution >= 4 is 11.9 Å². The molecule has 0 aromatic heterocycles. The van der Waals surface area contributed by atoms with Crippen molar-refractivity contribution in [2.75, 3.05) is 26.9 Å². The Labute approximate surface area is 149 Å². The van der Waals surface area contributed by atoms with Crippen LogP contribution in [-0.4, -0.2) is 61.9 Å². The standard InChI is InChI=1S/C17H31N5O3/c1-11-3-4-12(17(24)25-2)14(9-11)19-16(23)13-5-6-15(21-20-13)22-8-7-18-10-22/h11-15,18,20-21H,3-10H2,1-2H3,(H,19,23). The number of rotatable bonds is 4. The zero-order valence-electron chi connectivity index (χ0n) is 15.2. The van der Waals surface area contributed by atoms with Crippen molar-refractivity contribution in [1.29, 1.82) is 0 Å². The molecule has 3 rings (SSSR count). The van der Waals surface area contributed by atoms with Crippen molar-refractivity contribution in [2.24, 2.45) is 11.8 Å². The molecule has 0 aromatic carbocycles. The number of hydrazine groups is 1. The molecule has 142 valence electrons. The number of hydrogen-bond donors (Lipinski definition) is 4. The Kier molecular flexibility index (Phi) is 6.27. The Bertz CT molecular complexity index is 475. The lowest BCUT2D eigenvalue weighted by molar-refractivity contribution is -0.148. The normalized spacial score (nSPS) is 36.8. The minimum Gasteiger partial charge on any atom is -0.469 e. The summed E-state index contributed by atoms with van der Waals surface area (Å²) in [6, 6.07) is -0.395. The van der Waals surface area contributed by atoms with Crippen LogP contribution in [0.25, 0.3) is 0 Å². The topological polar surface area (TPSA) is 94.7 Å². The SMILES string of the molecule is COC(=O)C1CCC(C)CC1NC(=O)C1CCC(N2CCNC2)NN1. The van der Waals surface area contributed by atoms with Crippen LogP contribution in [0.15, 0.2) is 0 Å². The van der Waals surface area contributed by atoms with Crippen LogP contribution in [0.3, 0.4) is 0 Å². The summed E-state index contributed by atoms with van der Waals surface area (Å²) in [5.41, 5.74) is 6.42. The second kappa shape index (κ2) is 8.44. The average molecular weight is 353 g/mol. The van der Waals surface area contributed by atoms with Crippen molar-refractivity contribution in [3.05, 3.63) is 0 Å². The number of ether oxygens (including phenoxy) is 1. The Hall–Kier alpha value is -1.22. The highest BCUT2D eigenvalue weighted by Crippen LogP contribution is 2.30. The second-order valence-corrected chi connectivity index (χ2v) is 7.57. The molecule has 0 aromatic rings. The van der Waals surface area contributed by atoms with Gasteiger partial charge in [0.15, 0.2) is 0 Å². The van der Waals surface area contributed by atoms with Crippen LogP contribution in [0.1, 0.15) is 39.0 Å². The van der Waals surface area contributed by atoms with Gasteiger partial charge in [-0.1, -0.05) is 6.92 Å². The maximum Gasteiger partial charge on any atom is 0.310 e. The molecule has 0 spiro atoms. The number of carbonyl (C=O) groups excluding carboxylic acids is 2. The molecule has 8 nitrogen and oxygen atoms in total. The maximum atomic E-state index is 12.7. The number of amides is 1. The molecule has 1 aliphatic carbocycles. The molecule has 5 atom stereocenters. The van der Waals surface area contributed by atoms with Crippen LogP contribution in [0.2, 0.25) is 0 Å². The number of hydrogen-bond acceptors (Lipinski definition) is 7. The van der Waals surface area contributed by atoms with E-state index in [9.17, 15) is 9.59 Å². The lowest BCUT2D eigenvalue weighted by Crippen LogP contribution is -2.62. The van der Waals surface area contributed by atoms with E-state index >= 15 is 0 Å². The second-order valence-electron chi connectivity index (χ2n) is 7.57. The summed E-state index contributed by atoms with van der Waals surface area (Å²) in [6.45, 7) is 5.09. The number of carbonyl (C=O) groups is 2. The fourth-order valence-corrected chi connectivity index (χ4v) is 4.18. The lowest BCUT2D eigenvalue weighted by Gasteiger charge is -2.37. The molecule has 3 aliphatic rings. The summed E-state index contributed by atoms with van der Waals surface area (Å²) in [5, 5.41) is 6.42. The third-order valence-electron chi connectivity index (χ3n) is 5.74. The molecule has 2 saturated heterocycles. The molecule has 3 fully saturated rings. The summed E-state index contributed by atoms with van der Waals surface area (Å²) < 4.78 is 4.92. The highest BCUT2D eigenvalue weighted by molar-refractivity contribution is 5.83. The molecular formula is C17H31N5O3. The van der Waals surface area contributed by atoms with Gasteiger partial charge in [-0.05, 0) is 38.0 Å². The lowest BCUT2D eigenvalue weighted by atomic mass is 9.79. The van der Waals surface area contributed by atoms with E-state index in [0.29, 0.717) is 5.92 Å². The summed E-state index contributed by atoms with van der Waals surface area (Å²) in [5.74, 6) is 0.0350. The van der Waals surface area contributed by atoms with Gasteiger partial charge >= 0.3 is 5.97 Å². The summed E-state index contributed by atoms with van der Waals surface area (Å²) >= 11 is 0. The third-order valence-corrected chi connectivity index (χ3v) is 5.74. The van der Waals surface area contributed by atoms with Gasteiger partial charge in [-0.2, -0.15) is 0 Å². The van der Waals surface area contributed by atoms with Crippen molar-refractivity contribution < 1.29 is 14.3 Å². The molecular weight excluding hydrogens is 322 g/mol. The van der Waals surface area contributed by atoms with Gasteiger partial charge in [0.25, 0.3) is 0 Å². The Morgan fingerprint density at radius 1 is 1.16 bits per heavy atom. The molecule has 8 heteroatoms. The number of nitrogens with one attached hydrogen (secondary N) is 4. The predicted octanol–water partition coefficient (Wildman–Crippen LogP) is -0.474. The molecule has 0 radical (unpaired) electrons. The van der Waals surface area contributed by atoms with Gasteiger partial charge in [-0.25, -0.2) is 10.9 Å². The van der Waals surface area contributed by atoms with Gasteiger partial charge in [-0.3, -0.25) is 14.5 Å². The van der Waals surface area contributed by atoms with Crippen LogP contribution < -0.4 is 21.5 Å². The Morgan fingerprint density at radius 3 is 2.64 bits per heavy atom. The average Bonchev–Trinajstić information content (AvgIpc) is 3.16. The van der Waals surface area contributed by atoms with Gasteiger partial charge in [0.05, 0.1) is 19.2 Å². The number of methoxy groups -OCH3 is 1. The molecule has 1 amide bonds. The van der Waals surface area contributed by atoms with Crippen molar-refractivity contribution in [3.63, 3.8) is 0 Å². The molecule has 1 saturated carbocycles. The summed E-state index contributed by atoms with van der Waals surface area (Å²) in [7, 11) is 1.42. The van der Waals surface area contributed by atoms with E-state index in [0.717, 1.165) is 51.9 Å². The zero-order chi connectivity index (χ0) is 17.8. The van der Waals surface area contributed by atoms with Crippen LogP contribution in [0.4, 0.5) is 0 Å². The van der Waals surface area contributed by atoms with E-state index in [2.05, 4.69) is 33.3 Å². The van der Waals surface area contributed by atoms with E-state index in [1.54, 1.807) is 0 Å². The van der Waals surface area contributed by atoms with Crippen LogP contribution in [-0.2, 0) is 14.3 Å². The minimum atomic E-state index is -0.262. The van der Waals surface area contributed by atoms with Crippen LogP contribution >= 0.6 is 0 Å². The van der Waals surface area contributed by atoms with Crippen LogP contribution in [0.5, 0.6) is 0 Å². The first-order valence-electron chi connectivity index (χ1n) is 9.42. The molecule has 4 N–H and O–H groups in total. The Balaban J connectivity index is 1.51. The quantitative estimate of drug-likeness (QED) is 0.508. The first-order chi connectivity index (χ1) is 12.1. The minimum absolute atomic E-state index is 0.0292. The van der Waals surface area contributed by atoms with E-state index < -0.39 is 0 Å². The maximum absolute atomic E-state index is 12.7. The molecule has 5 unspecified atom stereocenters. The van der Waals surface area contributed by atoms with Gasteiger partial charge in [0.1, 0.15) is 6.04 Å². The van der Waals surface area contributed by atoms with Gasteiger partial charge in [-0.15, -0.1) is 0 Å². The number of esters is 1. The van der Waals surface area contributed by atoms with E-state index in [1.165, 1.54) is 7.11 Å². The number of nitrogens with zero attached hydrogens (tertiary/aromatic N) is 1. The Morgan fingerprint density at radius 2 is 2.00 bits per heavy atom. The van der Waals surface area contributed by atoms with Gasteiger partial charge < -0.3 is 15.4 Å². The first kappa shape index (κ1) is 18.6. The molecule has 2 heterocycles. The van der Waals surface area contributed by atoms with E-state index in [1.807, 2.05) is 0 Å². The largest absolute Gasteiger partial charge is 0.469 e. The van der Waals surface area contributed by atoms with Crippen LogP contribution in [0, 0.1) is 11.8 Å². The van der Waals surface area contributed by atoms with E-state index in [-0.39, 0.29) is 36.0 Å². The zero-order valence-corrected chi connectivity index (χ0v) is 15.2. The first-order valence-corrected chi connectivity index (χ1v) is 9.42. The van der Waals surface area contributed by atoms with Crippen molar-refractivity contribution in [3.8, 4) is 0 Å². The van der Waals surface area contributed by atoms with Crippen molar-refractivity contribution in [2.45, 2.75) is 57.3 Å². The van der Waals surface area contributed by atoms with E-state index in [4.69, 9.17) is 4.74 Å². The summed E-state index contributed by atoms with van der Waals surface area (Å²) in [4.78, 5) is 27.0. The highest BCUT2D eigenvalue weighted by Gasteiger charge is 2.37. The molecule has 2 aliphatic heterocycles. The monoisotopic (exact) mass is 353 g/mol.